The van der Waals surface area contributed by atoms with Gasteiger partial charge in [-0.15, -0.1) is 0 Å². The van der Waals surface area contributed by atoms with Crippen LogP contribution in [0.25, 0.3) is 0 Å². The Morgan fingerprint density at radius 1 is 1.43 bits per heavy atom. The highest BCUT2D eigenvalue weighted by Gasteiger charge is 2.25. The number of piperidine rings is 1. The third-order valence-electron chi connectivity index (χ3n) is 3.98. The van der Waals surface area contributed by atoms with Crippen LogP contribution in [0.2, 0.25) is 0 Å². The molecule has 1 fully saturated rings. The Labute approximate surface area is 124 Å². The van der Waals surface area contributed by atoms with Gasteiger partial charge in [-0.1, -0.05) is 0 Å². The lowest BCUT2D eigenvalue weighted by Gasteiger charge is -2.34. The second-order valence-corrected chi connectivity index (χ2v) is 5.83. The molecule has 0 atom stereocenters. The lowest BCUT2D eigenvalue weighted by atomic mass is 9.96. The number of nitrogens with one attached hydrogen (secondary N) is 1. The molecule has 1 N–H and O–H groups in total. The van der Waals surface area contributed by atoms with Crippen LogP contribution in [0.15, 0.2) is 18.2 Å². The van der Waals surface area contributed by atoms with Gasteiger partial charge in [-0.25, -0.2) is 4.39 Å². The monoisotopic (exact) mass is 295 g/mol. The summed E-state index contributed by atoms with van der Waals surface area (Å²) in [5.41, 5.74) is 0.354. The summed E-state index contributed by atoms with van der Waals surface area (Å²) in [6.07, 6.45) is 2.10. The maximum atomic E-state index is 13.6. The van der Waals surface area contributed by atoms with E-state index in [-0.39, 0.29) is 11.7 Å². The molecular formula is C15H22FN3O2. The van der Waals surface area contributed by atoms with Crippen LogP contribution in [-0.4, -0.2) is 30.6 Å². The normalized spacial score (nSPS) is 16.2. The first-order valence-corrected chi connectivity index (χ1v) is 7.40. The Bertz CT molecular complexity index is 502. The molecule has 0 aliphatic carbocycles. The maximum Gasteiger partial charge on any atom is 0.292 e. The predicted molar refractivity (Wildman–Crippen MR) is 81.1 cm³/mol. The van der Waals surface area contributed by atoms with Crippen molar-refractivity contribution in [3.63, 3.8) is 0 Å². The minimum atomic E-state index is -0.438. The van der Waals surface area contributed by atoms with Gasteiger partial charge in [-0.05, 0) is 51.8 Å². The molecule has 0 spiro atoms. The van der Waals surface area contributed by atoms with Crippen LogP contribution in [0, 0.1) is 21.8 Å². The van der Waals surface area contributed by atoms with Crippen molar-refractivity contribution in [2.24, 2.45) is 5.92 Å². The molecule has 1 heterocycles. The minimum absolute atomic E-state index is 0.0287. The fourth-order valence-electron chi connectivity index (χ4n) is 2.81. The van der Waals surface area contributed by atoms with Crippen LogP contribution in [0.3, 0.4) is 0 Å². The standard InChI is InChI=1S/C15H22FN3O2/c1-11(2)18(10-12-5-7-17-8-6-12)15-9-13(16)3-4-14(15)19(20)21/h3-4,9,11-12,17H,5-8,10H2,1-2H3. The van der Waals surface area contributed by atoms with Crippen molar-refractivity contribution in [1.29, 1.82) is 0 Å². The van der Waals surface area contributed by atoms with Gasteiger partial charge in [0, 0.05) is 24.7 Å². The molecule has 6 heteroatoms. The smallest absolute Gasteiger partial charge is 0.292 e. The molecule has 0 radical (unpaired) electrons. The first-order valence-electron chi connectivity index (χ1n) is 7.40. The molecule has 0 aromatic heterocycles. The van der Waals surface area contributed by atoms with E-state index in [1.54, 1.807) is 0 Å². The molecule has 0 saturated carbocycles. The van der Waals surface area contributed by atoms with E-state index < -0.39 is 10.7 Å². The van der Waals surface area contributed by atoms with E-state index in [4.69, 9.17) is 0 Å². The Kier molecular flexibility index (Phi) is 5.12. The summed E-state index contributed by atoms with van der Waals surface area (Å²) in [4.78, 5) is 12.7. The van der Waals surface area contributed by atoms with E-state index in [1.165, 1.54) is 12.1 Å². The van der Waals surface area contributed by atoms with Crippen molar-refractivity contribution in [3.8, 4) is 0 Å². The molecule has 1 aliphatic rings. The van der Waals surface area contributed by atoms with Gasteiger partial charge in [0.2, 0.25) is 0 Å². The summed E-state index contributed by atoms with van der Waals surface area (Å²) in [6, 6.07) is 3.76. The summed E-state index contributed by atoms with van der Waals surface area (Å²) in [6.45, 7) is 6.64. The molecule has 0 bridgehead atoms. The van der Waals surface area contributed by atoms with Crippen molar-refractivity contribution in [2.75, 3.05) is 24.5 Å². The largest absolute Gasteiger partial charge is 0.363 e. The van der Waals surface area contributed by atoms with E-state index in [1.807, 2.05) is 18.7 Å². The van der Waals surface area contributed by atoms with Crippen LogP contribution in [0.1, 0.15) is 26.7 Å². The minimum Gasteiger partial charge on any atom is -0.363 e. The Morgan fingerprint density at radius 3 is 2.67 bits per heavy atom. The summed E-state index contributed by atoms with van der Waals surface area (Å²) in [5.74, 6) is 0.0445. The third-order valence-corrected chi connectivity index (χ3v) is 3.98. The van der Waals surface area contributed by atoms with Gasteiger partial charge in [0.05, 0.1) is 4.92 Å². The lowest BCUT2D eigenvalue weighted by molar-refractivity contribution is -0.384. The fraction of sp³-hybridized carbons (Fsp3) is 0.600. The molecular weight excluding hydrogens is 273 g/mol. The van der Waals surface area contributed by atoms with Crippen molar-refractivity contribution >= 4 is 11.4 Å². The number of nitro benzene ring substituents is 1. The van der Waals surface area contributed by atoms with E-state index in [0.717, 1.165) is 38.5 Å². The fourth-order valence-corrected chi connectivity index (χ4v) is 2.81. The van der Waals surface area contributed by atoms with Gasteiger partial charge in [0.25, 0.3) is 5.69 Å². The molecule has 1 saturated heterocycles. The molecule has 2 rings (SSSR count). The zero-order valence-electron chi connectivity index (χ0n) is 12.5. The number of hydrogen-bond acceptors (Lipinski definition) is 4. The van der Waals surface area contributed by atoms with E-state index in [0.29, 0.717) is 11.6 Å². The van der Waals surface area contributed by atoms with E-state index in [9.17, 15) is 14.5 Å². The highest BCUT2D eigenvalue weighted by molar-refractivity contribution is 5.63. The Morgan fingerprint density at radius 2 is 2.10 bits per heavy atom. The van der Waals surface area contributed by atoms with E-state index >= 15 is 0 Å². The highest BCUT2D eigenvalue weighted by Crippen LogP contribution is 2.31. The number of benzene rings is 1. The van der Waals surface area contributed by atoms with Crippen LogP contribution >= 0.6 is 0 Å². The van der Waals surface area contributed by atoms with Crippen molar-refractivity contribution < 1.29 is 9.31 Å². The van der Waals surface area contributed by atoms with Crippen LogP contribution < -0.4 is 10.2 Å². The summed E-state index contributed by atoms with van der Waals surface area (Å²) < 4.78 is 13.6. The number of halogens is 1. The van der Waals surface area contributed by atoms with Crippen molar-refractivity contribution in [3.05, 3.63) is 34.1 Å². The Hall–Kier alpha value is -1.69. The quantitative estimate of drug-likeness (QED) is 0.670. The molecule has 1 aliphatic heterocycles. The van der Waals surface area contributed by atoms with Gasteiger partial charge >= 0.3 is 0 Å². The lowest BCUT2D eigenvalue weighted by Crippen LogP contribution is -2.39. The van der Waals surface area contributed by atoms with Crippen molar-refractivity contribution in [1.82, 2.24) is 5.32 Å². The average molecular weight is 295 g/mol. The number of rotatable bonds is 5. The average Bonchev–Trinajstić information content (AvgIpc) is 2.45. The van der Waals surface area contributed by atoms with Gasteiger partial charge in [-0.3, -0.25) is 10.1 Å². The number of hydrogen-bond donors (Lipinski definition) is 1. The zero-order chi connectivity index (χ0) is 15.4. The van der Waals surface area contributed by atoms with Crippen LogP contribution in [0.4, 0.5) is 15.8 Å². The molecule has 0 unspecified atom stereocenters. The molecule has 5 nitrogen and oxygen atoms in total. The third kappa shape index (κ3) is 3.91. The van der Waals surface area contributed by atoms with Crippen LogP contribution in [0.5, 0.6) is 0 Å². The van der Waals surface area contributed by atoms with Crippen LogP contribution in [-0.2, 0) is 0 Å². The van der Waals surface area contributed by atoms with Gasteiger partial charge in [0.1, 0.15) is 11.5 Å². The first kappa shape index (κ1) is 15.7. The second kappa shape index (κ2) is 6.85. The number of nitro groups is 1. The topological polar surface area (TPSA) is 58.4 Å². The van der Waals surface area contributed by atoms with Crippen molar-refractivity contribution in [2.45, 2.75) is 32.7 Å². The van der Waals surface area contributed by atoms with Gasteiger partial charge < -0.3 is 10.2 Å². The molecule has 0 amide bonds. The molecule has 1 aromatic carbocycles. The maximum absolute atomic E-state index is 13.6. The number of nitrogens with zero attached hydrogens (tertiary/aromatic N) is 2. The second-order valence-electron chi connectivity index (χ2n) is 5.83. The Balaban J connectivity index is 2.28. The summed E-state index contributed by atoms with van der Waals surface area (Å²) >= 11 is 0. The summed E-state index contributed by atoms with van der Waals surface area (Å²) in [5, 5.41) is 14.5. The SMILES string of the molecule is CC(C)N(CC1CCNCC1)c1cc(F)ccc1[N+](=O)[O-]. The molecule has 21 heavy (non-hydrogen) atoms. The van der Waals surface area contributed by atoms with Gasteiger partial charge in [0.15, 0.2) is 0 Å². The first-order chi connectivity index (χ1) is 9.99. The van der Waals surface area contributed by atoms with E-state index in [2.05, 4.69) is 5.32 Å². The van der Waals surface area contributed by atoms with Gasteiger partial charge in [-0.2, -0.15) is 0 Å². The predicted octanol–water partition coefficient (Wildman–Crippen LogP) is 2.95. The number of anilines is 1. The molecule has 116 valence electrons. The molecule has 1 aromatic rings. The zero-order valence-corrected chi connectivity index (χ0v) is 12.5. The summed E-state index contributed by atoms with van der Waals surface area (Å²) in [7, 11) is 0. The highest BCUT2D eigenvalue weighted by atomic mass is 19.1.